The number of sulfonamides is 1. The number of amides is 2. The molecule has 0 aromatic heterocycles. The van der Waals surface area contributed by atoms with Gasteiger partial charge in [-0.15, -0.1) is 0 Å². The molecule has 0 fully saturated rings. The van der Waals surface area contributed by atoms with E-state index in [4.69, 9.17) is 0 Å². The zero-order valence-electron chi connectivity index (χ0n) is 22.1. The van der Waals surface area contributed by atoms with Crippen molar-refractivity contribution in [3.05, 3.63) is 95.1 Å². The first-order valence-electron chi connectivity index (χ1n) is 12.3. The van der Waals surface area contributed by atoms with E-state index in [-0.39, 0.29) is 17.3 Å². The van der Waals surface area contributed by atoms with Gasteiger partial charge in [-0.05, 0) is 56.5 Å². The molecule has 1 atom stereocenters. The van der Waals surface area contributed by atoms with Gasteiger partial charge in [0.25, 0.3) is 10.0 Å². The number of benzene rings is 3. The number of anilines is 1. The zero-order valence-corrected chi connectivity index (χ0v) is 22.9. The van der Waals surface area contributed by atoms with Gasteiger partial charge < -0.3 is 10.2 Å². The number of nitrogens with one attached hydrogen (secondary N) is 1. The van der Waals surface area contributed by atoms with Gasteiger partial charge in [0.2, 0.25) is 11.8 Å². The maximum atomic E-state index is 13.9. The van der Waals surface area contributed by atoms with Crippen molar-refractivity contribution in [3.8, 4) is 0 Å². The van der Waals surface area contributed by atoms with E-state index in [1.54, 1.807) is 49.4 Å². The monoisotopic (exact) mass is 521 g/mol. The number of para-hydroxylation sites is 1. The third kappa shape index (κ3) is 6.57. The molecule has 2 amide bonds. The van der Waals surface area contributed by atoms with E-state index < -0.39 is 28.5 Å². The normalized spacial score (nSPS) is 12.0. The summed E-state index contributed by atoms with van der Waals surface area (Å²) in [5.41, 5.74) is 3.95. The van der Waals surface area contributed by atoms with Crippen molar-refractivity contribution in [2.24, 2.45) is 0 Å². The van der Waals surface area contributed by atoms with Crippen molar-refractivity contribution in [2.75, 3.05) is 17.9 Å². The molecule has 0 aliphatic carbocycles. The minimum atomic E-state index is -4.07. The van der Waals surface area contributed by atoms with Crippen LogP contribution >= 0.6 is 0 Å². The van der Waals surface area contributed by atoms with Gasteiger partial charge >= 0.3 is 0 Å². The molecule has 7 nitrogen and oxygen atoms in total. The fraction of sp³-hybridized carbons (Fsp3) is 0.310. The highest BCUT2D eigenvalue weighted by molar-refractivity contribution is 7.92. The molecule has 196 valence electrons. The third-order valence-electron chi connectivity index (χ3n) is 6.34. The number of likely N-dealkylation sites (N-methyl/N-ethyl adjacent to an activating group) is 1. The number of hydrogen-bond donors (Lipinski definition) is 1. The van der Waals surface area contributed by atoms with Crippen molar-refractivity contribution in [1.82, 2.24) is 10.2 Å². The molecule has 0 unspecified atom stereocenters. The second-order valence-electron chi connectivity index (χ2n) is 9.16. The third-order valence-corrected chi connectivity index (χ3v) is 8.11. The molecule has 0 bridgehead atoms. The van der Waals surface area contributed by atoms with Crippen molar-refractivity contribution in [2.45, 2.75) is 51.6 Å². The summed E-state index contributed by atoms with van der Waals surface area (Å²) in [7, 11) is -2.54. The highest BCUT2D eigenvalue weighted by atomic mass is 32.2. The van der Waals surface area contributed by atoms with E-state index in [2.05, 4.69) is 5.32 Å². The second-order valence-corrected chi connectivity index (χ2v) is 11.0. The summed E-state index contributed by atoms with van der Waals surface area (Å²) < 4.78 is 28.9. The van der Waals surface area contributed by atoms with Gasteiger partial charge in [0.1, 0.15) is 12.6 Å². The molecule has 0 aliphatic heterocycles. The fourth-order valence-corrected chi connectivity index (χ4v) is 5.77. The van der Waals surface area contributed by atoms with Crippen LogP contribution in [0.3, 0.4) is 0 Å². The van der Waals surface area contributed by atoms with Crippen LogP contribution in [0.5, 0.6) is 0 Å². The number of aryl methyl sites for hydroxylation is 3. The molecule has 37 heavy (non-hydrogen) atoms. The predicted molar refractivity (Wildman–Crippen MR) is 147 cm³/mol. The van der Waals surface area contributed by atoms with E-state index in [0.717, 1.165) is 26.6 Å². The number of carbonyl (C=O) groups is 2. The summed E-state index contributed by atoms with van der Waals surface area (Å²) in [4.78, 5) is 28.3. The molecule has 0 saturated carbocycles. The van der Waals surface area contributed by atoms with E-state index in [1.165, 1.54) is 11.9 Å². The van der Waals surface area contributed by atoms with Crippen molar-refractivity contribution >= 4 is 27.5 Å². The highest BCUT2D eigenvalue weighted by Crippen LogP contribution is 2.27. The first-order chi connectivity index (χ1) is 17.6. The van der Waals surface area contributed by atoms with E-state index in [1.807, 2.05) is 51.1 Å². The van der Waals surface area contributed by atoms with Gasteiger partial charge in [0.05, 0.1) is 10.6 Å². The highest BCUT2D eigenvalue weighted by Gasteiger charge is 2.33. The Morgan fingerprint density at radius 1 is 0.892 bits per heavy atom. The summed E-state index contributed by atoms with van der Waals surface area (Å²) >= 11 is 0. The summed E-state index contributed by atoms with van der Waals surface area (Å²) in [6.45, 7) is 7.21. The SMILES string of the molecule is CC[C@H](C(=O)NC)N(Cc1cccc(C)c1)C(=O)CN(c1ccccc1C)S(=O)(=O)c1ccc(C)cc1. The molecular formula is C29H35N3O4S. The van der Waals surface area contributed by atoms with Crippen LogP contribution < -0.4 is 9.62 Å². The van der Waals surface area contributed by atoms with Gasteiger partial charge in [0.15, 0.2) is 0 Å². The molecule has 0 radical (unpaired) electrons. The van der Waals surface area contributed by atoms with Crippen LogP contribution in [-0.4, -0.2) is 44.8 Å². The lowest BCUT2D eigenvalue weighted by atomic mass is 10.1. The standard InChI is InChI=1S/C29H35N3O4S/c1-6-26(29(34)30-5)31(19-24-12-9-10-22(3)18-24)28(33)20-32(27-13-8-7-11-23(27)4)37(35,36)25-16-14-21(2)15-17-25/h7-18,26H,6,19-20H2,1-5H3,(H,30,34)/t26-/m1/s1. The quantitative estimate of drug-likeness (QED) is 0.430. The Hall–Kier alpha value is -3.65. The van der Waals surface area contributed by atoms with Crippen LogP contribution in [0.15, 0.2) is 77.7 Å². The van der Waals surface area contributed by atoms with Crippen molar-refractivity contribution in [3.63, 3.8) is 0 Å². The number of carbonyl (C=O) groups excluding carboxylic acids is 2. The van der Waals surface area contributed by atoms with Gasteiger partial charge in [-0.25, -0.2) is 8.42 Å². The summed E-state index contributed by atoms with van der Waals surface area (Å²) in [6.07, 6.45) is 0.381. The van der Waals surface area contributed by atoms with E-state index >= 15 is 0 Å². The van der Waals surface area contributed by atoms with E-state index in [0.29, 0.717) is 12.1 Å². The number of nitrogens with zero attached hydrogens (tertiary/aromatic N) is 2. The predicted octanol–water partition coefficient (Wildman–Crippen LogP) is 4.36. The van der Waals surface area contributed by atoms with Crippen molar-refractivity contribution in [1.29, 1.82) is 0 Å². The Morgan fingerprint density at radius 2 is 1.57 bits per heavy atom. The van der Waals surface area contributed by atoms with Gasteiger partial charge in [-0.1, -0.05) is 72.6 Å². The maximum absolute atomic E-state index is 13.9. The minimum Gasteiger partial charge on any atom is -0.357 e. The molecule has 0 spiro atoms. The Morgan fingerprint density at radius 3 is 2.16 bits per heavy atom. The maximum Gasteiger partial charge on any atom is 0.264 e. The van der Waals surface area contributed by atoms with Crippen LogP contribution in [0.4, 0.5) is 5.69 Å². The Balaban J connectivity index is 2.07. The molecule has 0 saturated heterocycles. The van der Waals surface area contributed by atoms with Crippen LogP contribution in [0, 0.1) is 20.8 Å². The van der Waals surface area contributed by atoms with Gasteiger partial charge in [-0.2, -0.15) is 0 Å². The van der Waals surface area contributed by atoms with Gasteiger partial charge in [-0.3, -0.25) is 13.9 Å². The minimum absolute atomic E-state index is 0.0951. The Kier molecular flexibility index (Phi) is 9.10. The Bertz CT molecular complexity index is 1350. The molecule has 0 aliphatic rings. The topological polar surface area (TPSA) is 86.8 Å². The lowest BCUT2D eigenvalue weighted by molar-refractivity contribution is -0.140. The first-order valence-corrected chi connectivity index (χ1v) is 13.7. The van der Waals surface area contributed by atoms with Crippen LogP contribution in [-0.2, 0) is 26.2 Å². The summed E-state index contributed by atoms with van der Waals surface area (Å²) in [5.74, 6) is -0.761. The smallest absolute Gasteiger partial charge is 0.264 e. The molecule has 0 heterocycles. The number of rotatable bonds is 10. The second kappa shape index (κ2) is 12.1. The summed E-state index contributed by atoms with van der Waals surface area (Å²) in [5, 5.41) is 2.64. The van der Waals surface area contributed by atoms with E-state index in [9.17, 15) is 18.0 Å². The van der Waals surface area contributed by atoms with Crippen LogP contribution in [0.1, 0.15) is 35.6 Å². The molecular weight excluding hydrogens is 486 g/mol. The largest absolute Gasteiger partial charge is 0.357 e. The fourth-order valence-electron chi connectivity index (χ4n) is 4.29. The molecule has 8 heteroatoms. The lowest BCUT2D eigenvalue weighted by Gasteiger charge is -2.33. The van der Waals surface area contributed by atoms with Crippen LogP contribution in [0.25, 0.3) is 0 Å². The van der Waals surface area contributed by atoms with Crippen molar-refractivity contribution < 1.29 is 18.0 Å². The zero-order chi connectivity index (χ0) is 27.2. The molecule has 3 aromatic carbocycles. The van der Waals surface area contributed by atoms with Gasteiger partial charge in [0, 0.05) is 13.6 Å². The molecule has 3 aromatic rings. The lowest BCUT2D eigenvalue weighted by Crippen LogP contribution is -2.51. The Labute approximate surface area is 220 Å². The summed E-state index contributed by atoms with van der Waals surface area (Å²) in [6, 6.07) is 20.6. The van der Waals surface area contributed by atoms with Crippen LogP contribution in [0.2, 0.25) is 0 Å². The first kappa shape index (κ1) is 27.9. The average molecular weight is 522 g/mol. The number of hydrogen-bond acceptors (Lipinski definition) is 4. The molecule has 1 N–H and O–H groups in total. The molecule has 3 rings (SSSR count). The average Bonchev–Trinajstić information content (AvgIpc) is 2.87.